The van der Waals surface area contributed by atoms with Crippen molar-refractivity contribution in [3.8, 4) is 0 Å². The van der Waals surface area contributed by atoms with E-state index < -0.39 is 5.60 Å². The molecule has 1 aliphatic rings. The summed E-state index contributed by atoms with van der Waals surface area (Å²) in [6, 6.07) is 0. The molecule has 94 valence electrons. The third kappa shape index (κ3) is 4.08. The zero-order valence-electron chi connectivity index (χ0n) is 10.1. The molecule has 0 aromatic heterocycles. The molecule has 1 rings (SSSR count). The summed E-state index contributed by atoms with van der Waals surface area (Å²) in [7, 11) is 0. The van der Waals surface area contributed by atoms with E-state index in [0.29, 0.717) is 12.5 Å². The standard InChI is InChI=1S/C11H20INO3/c1-11(2,3)16-10(15)13-5-4-8(7-14)6-9(13)12/h8-9,14H,4-7H2,1-3H3. The number of nitrogens with zero attached hydrogens (tertiary/aromatic N) is 1. The van der Waals surface area contributed by atoms with Gasteiger partial charge in [-0.3, -0.25) is 4.90 Å². The van der Waals surface area contributed by atoms with E-state index in [-0.39, 0.29) is 16.7 Å². The van der Waals surface area contributed by atoms with Crippen LogP contribution in [-0.2, 0) is 4.74 Å². The molecule has 2 unspecified atom stereocenters. The Labute approximate surface area is 110 Å². The number of aliphatic hydroxyl groups is 1. The minimum absolute atomic E-state index is 0.123. The zero-order chi connectivity index (χ0) is 12.3. The van der Waals surface area contributed by atoms with Gasteiger partial charge in [0.05, 0.1) is 4.05 Å². The molecule has 0 aromatic rings. The highest BCUT2D eigenvalue weighted by Crippen LogP contribution is 2.28. The number of amides is 1. The van der Waals surface area contributed by atoms with Gasteiger partial charge < -0.3 is 9.84 Å². The highest BCUT2D eigenvalue weighted by molar-refractivity contribution is 14.1. The third-order valence-electron chi connectivity index (χ3n) is 2.53. The SMILES string of the molecule is CC(C)(C)OC(=O)N1CCC(CO)CC1I. The summed E-state index contributed by atoms with van der Waals surface area (Å²) in [5.74, 6) is 0.320. The average Bonchev–Trinajstić information content (AvgIpc) is 2.14. The number of carbonyl (C=O) groups excluding carboxylic acids is 1. The van der Waals surface area contributed by atoms with Gasteiger partial charge in [-0.15, -0.1) is 0 Å². The number of rotatable bonds is 1. The monoisotopic (exact) mass is 341 g/mol. The van der Waals surface area contributed by atoms with Crippen LogP contribution in [0.2, 0.25) is 0 Å². The quantitative estimate of drug-likeness (QED) is 0.453. The fraction of sp³-hybridized carbons (Fsp3) is 0.909. The van der Waals surface area contributed by atoms with Crippen LogP contribution < -0.4 is 0 Å². The summed E-state index contributed by atoms with van der Waals surface area (Å²) in [6.45, 7) is 6.49. The van der Waals surface area contributed by atoms with Gasteiger partial charge in [0.2, 0.25) is 0 Å². The highest BCUT2D eigenvalue weighted by atomic mass is 127. The molecule has 1 fully saturated rings. The van der Waals surface area contributed by atoms with Gasteiger partial charge in [-0.2, -0.15) is 0 Å². The Balaban J connectivity index is 2.52. The molecule has 0 radical (unpaired) electrons. The van der Waals surface area contributed by atoms with Crippen LogP contribution in [0.3, 0.4) is 0 Å². The van der Waals surface area contributed by atoms with E-state index in [2.05, 4.69) is 22.6 Å². The summed E-state index contributed by atoms with van der Waals surface area (Å²) in [6.07, 6.45) is 1.45. The van der Waals surface area contributed by atoms with Gasteiger partial charge in [0.15, 0.2) is 0 Å². The number of hydrogen-bond donors (Lipinski definition) is 1. The summed E-state index contributed by atoms with van der Waals surface area (Å²) < 4.78 is 5.46. The van der Waals surface area contributed by atoms with E-state index in [1.165, 1.54) is 0 Å². The van der Waals surface area contributed by atoms with Crippen molar-refractivity contribution in [1.29, 1.82) is 0 Å². The molecule has 1 amide bonds. The lowest BCUT2D eigenvalue weighted by Crippen LogP contribution is -2.45. The molecule has 1 saturated heterocycles. The molecule has 4 nitrogen and oxygen atoms in total. The lowest BCUT2D eigenvalue weighted by atomic mass is 9.98. The van der Waals surface area contributed by atoms with Crippen LogP contribution in [-0.4, -0.2) is 38.9 Å². The predicted molar refractivity (Wildman–Crippen MR) is 70.6 cm³/mol. The first-order chi connectivity index (χ1) is 7.33. The maximum atomic E-state index is 11.9. The topological polar surface area (TPSA) is 49.8 Å². The van der Waals surface area contributed by atoms with Crippen molar-refractivity contribution < 1.29 is 14.6 Å². The summed E-state index contributed by atoms with van der Waals surface area (Å²) in [4.78, 5) is 13.6. The van der Waals surface area contributed by atoms with Gasteiger partial charge in [-0.05, 0) is 39.5 Å². The molecule has 0 saturated carbocycles. The molecule has 5 heteroatoms. The molecule has 0 aliphatic carbocycles. The first-order valence-electron chi connectivity index (χ1n) is 5.58. The maximum absolute atomic E-state index is 11.9. The normalized spacial score (nSPS) is 26.7. The minimum Gasteiger partial charge on any atom is -0.444 e. The van der Waals surface area contributed by atoms with Crippen molar-refractivity contribution >= 4 is 28.7 Å². The van der Waals surface area contributed by atoms with Crippen molar-refractivity contribution in [3.05, 3.63) is 0 Å². The molecule has 2 atom stereocenters. The van der Waals surface area contributed by atoms with Gasteiger partial charge in [-0.25, -0.2) is 4.79 Å². The molecule has 1 heterocycles. The summed E-state index contributed by atoms with van der Waals surface area (Å²) in [5, 5.41) is 9.08. The summed E-state index contributed by atoms with van der Waals surface area (Å²) in [5.41, 5.74) is -0.443. The number of carbonyl (C=O) groups is 1. The van der Waals surface area contributed by atoms with Crippen LogP contribution in [0.4, 0.5) is 4.79 Å². The van der Waals surface area contributed by atoms with Gasteiger partial charge >= 0.3 is 6.09 Å². The van der Waals surface area contributed by atoms with Crippen LogP contribution >= 0.6 is 22.6 Å². The Morgan fingerprint density at radius 3 is 2.62 bits per heavy atom. The maximum Gasteiger partial charge on any atom is 0.411 e. The molecule has 1 aliphatic heterocycles. The van der Waals surface area contributed by atoms with Crippen molar-refractivity contribution in [2.45, 2.75) is 43.3 Å². The molecule has 0 aromatic carbocycles. The van der Waals surface area contributed by atoms with Crippen LogP contribution in [0.1, 0.15) is 33.6 Å². The van der Waals surface area contributed by atoms with Crippen molar-refractivity contribution in [2.75, 3.05) is 13.2 Å². The van der Waals surface area contributed by atoms with E-state index in [9.17, 15) is 4.79 Å². The van der Waals surface area contributed by atoms with E-state index in [1.807, 2.05) is 20.8 Å². The smallest absolute Gasteiger partial charge is 0.411 e. The van der Waals surface area contributed by atoms with Crippen LogP contribution in [0, 0.1) is 5.92 Å². The molecule has 0 spiro atoms. The Bertz CT molecular complexity index is 252. The number of likely N-dealkylation sites (tertiary alicyclic amines) is 1. The zero-order valence-corrected chi connectivity index (χ0v) is 12.2. The van der Waals surface area contributed by atoms with Gasteiger partial charge in [-0.1, -0.05) is 22.6 Å². The fourth-order valence-electron chi connectivity index (χ4n) is 1.67. The largest absolute Gasteiger partial charge is 0.444 e. The fourth-order valence-corrected chi connectivity index (χ4v) is 2.90. The Kier molecular flexibility index (Phi) is 4.85. The molecular formula is C11H20INO3. The van der Waals surface area contributed by atoms with Crippen molar-refractivity contribution in [2.24, 2.45) is 5.92 Å². The summed E-state index contributed by atoms with van der Waals surface area (Å²) >= 11 is 2.24. The van der Waals surface area contributed by atoms with Crippen LogP contribution in [0.25, 0.3) is 0 Å². The number of alkyl halides is 1. The number of halogens is 1. The third-order valence-corrected chi connectivity index (χ3v) is 3.71. The number of aliphatic hydroxyl groups excluding tert-OH is 1. The van der Waals surface area contributed by atoms with Gasteiger partial charge in [0.25, 0.3) is 0 Å². The second kappa shape index (κ2) is 5.53. The Morgan fingerprint density at radius 1 is 1.56 bits per heavy atom. The van der Waals surface area contributed by atoms with Crippen molar-refractivity contribution in [1.82, 2.24) is 4.90 Å². The minimum atomic E-state index is -0.443. The Hall–Kier alpha value is -0.0400. The van der Waals surface area contributed by atoms with E-state index in [1.54, 1.807) is 4.90 Å². The Morgan fingerprint density at radius 2 is 2.19 bits per heavy atom. The molecule has 1 N–H and O–H groups in total. The first-order valence-corrected chi connectivity index (χ1v) is 6.82. The highest BCUT2D eigenvalue weighted by Gasteiger charge is 2.32. The predicted octanol–water partition coefficient (Wildman–Crippen LogP) is 2.39. The molecular weight excluding hydrogens is 321 g/mol. The van der Waals surface area contributed by atoms with Gasteiger partial charge in [0.1, 0.15) is 5.60 Å². The van der Waals surface area contributed by atoms with Crippen LogP contribution in [0.5, 0.6) is 0 Å². The lowest BCUT2D eigenvalue weighted by Gasteiger charge is -2.36. The van der Waals surface area contributed by atoms with Crippen molar-refractivity contribution in [3.63, 3.8) is 0 Å². The second-order valence-corrected chi connectivity index (χ2v) is 6.62. The number of piperidine rings is 1. The van der Waals surface area contributed by atoms with E-state index in [0.717, 1.165) is 12.8 Å². The first kappa shape index (κ1) is 14.0. The van der Waals surface area contributed by atoms with Gasteiger partial charge in [0, 0.05) is 13.2 Å². The number of ether oxygens (including phenoxy) is 1. The molecule has 0 bridgehead atoms. The molecule has 16 heavy (non-hydrogen) atoms. The average molecular weight is 341 g/mol. The second-order valence-electron chi connectivity index (χ2n) is 5.18. The van der Waals surface area contributed by atoms with E-state index in [4.69, 9.17) is 9.84 Å². The lowest BCUT2D eigenvalue weighted by molar-refractivity contribution is 0.0138. The number of hydrogen-bond acceptors (Lipinski definition) is 3. The van der Waals surface area contributed by atoms with Crippen LogP contribution in [0.15, 0.2) is 0 Å². The van der Waals surface area contributed by atoms with E-state index >= 15 is 0 Å².